The third-order valence-electron chi connectivity index (χ3n) is 3.38. The molecule has 0 aliphatic heterocycles. The van der Waals surface area contributed by atoms with Gasteiger partial charge < -0.3 is 4.90 Å². The summed E-state index contributed by atoms with van der Waals surface area (Å²) < 4.78 is 26.2. The minimum atomic E-state index is -4.20. The van der Waals surface area contributed by atoms with Gasteiger partial charge in [-0.1, -0.05) is 0 Å². The van der Waals surface area contributed by atoms with E-state index in [0.717, 1.165) is 30.6 Å². The molecule has 0 atom stereocenters. The number of nitrogens with zero attached hydrogens (tertiary/aromatic N) is 6. The SMILES string of the molecule is CN(C)/C=N/c1nc2ncn(S(=O)(=O)c3ccc([N+](=O)[O-])cc3)c2c(=O)[nH]1. The van der Waals surface area contributed by atoms with Crippen LogP contribution in [0, 0.1) is 10.1 Å². The topological polar surface area (TPSA) is 156 Å². The van der Waals surface area contributed by atoms with Crippen LogP contribution in [0.5, 0.6) is 0 Å². The van der Waals surface area contributed by atoms with Gasteiger partial charge in [-0.15, -0.1) is 0 Å². The van der Waals surface area contributed by atoms with Gasteiger partial charge in [0.15, 0.2) is 11.2 Å². The third kappa shape index (κ3) is 3.39. The summed E-state index contributed by atoms with van der Waals surface area (Å²) in [5.74, 6) is -0.0285. The molecule has 1 aromatic carbocycles. The molecule has 27 heavy (non-hydrogen) atoms. The summed E-state index contributed by atoms with van der Waals surface area (Å²) in [5.41, 5.74) is -1.38. The van der Waals surface area contributed by atoms with Gasteiger partial charge in [-0.2, -0.15) is 4.98 Å². The number of nitrogens with one attached hydrogen (secondary N) is 1. The highest BCUT2D eigenvalue weighted by Gasteiger charge is 2.23. The summed E-state index contributed by atoms with van der Waals surface area (Å²) in [6, 6.07) is 4.28. The molecule has 0 bridgehead atoms. The molecule has 0 radical (unpaired) electrons. The first-order valence-electron chi connectivity index (χ1n) is 7.38. The van der Waals surface area contributed by atoms with Crippen LogP contribution in [0.25, 0.3) is 11.2 Å². The number of aromatic nitrogens is 4. The van der Waals surface area contributed by atoms with Crippen molar-refractivity contribution in [3.63, 3.8) is 0 Å². The third-order valence-corrected chi connectivity index (χ3v) is 5.05. The van der Waals surface area contributed by atoms with E-state index in [-0.39, 0.29) is 27.7 Å². The number of benzene rings is 1. The predicted molar refractivity (Wildman–Crippen MR) is 95.7 cm³/mol. The molecule has 0 amide bonds. The number of H-pyrrole nitrogens is 1. The number of hydrogen-bond acceptors (Lipinski definition) is 8. The van der Waals surface area contributed by atoms with Crippen molar-refractivity contribution >= 4 is 39.2 Å². The fourth-order valence-electron chi connectivity index (χ4n) is 2.16. The van der Waals surface area contributed by atoms with Crippen molar-refractivity contribution in [3.05, 3.63) is 51.1 Å². The number of nitro groups is 1. The van der Waals surface area contributed by atoms with Crippen LogP contribution in [0.4, 0.5) is 11.6 Å². The lowest BCUT2D eigenvalue weighted by molar-refractivity contribution is -0.384. The number of aromatic amines is 1. The second-order valence-electron chi connectivity index (χ2n) is 5.57. The van der Waals surface area contributed by atoms with Gasteiger partial charge in [0.1, 0.15) is 6.33 Å². The zero-order valence-corrected chi connectivity index (χ0v) is 14.9. The number of non-ortho nitro benzene ring substituents is 1. The molecule has 0 unspecified atom stereocenters. The van der Waals surface area contributed by atoms with Gasteiger partial charge in [0, 0.05) is 26.2 Å². The van der Waals surface area contributed by atoms with Crippen LogP contribution < -0.4 is 5.56 Å². The molecule has 12 nitrogen and oxygen atoms in total. The minimum absolute atomic E-state index is 0.0285. The molecule has 13 heteroatoms. The maximum atomic E-state index is 12.8. The molecule has 0 aliphatic carbocycles. The number of rotatable bonds is 5. The Bertz CT molecular complexity index is 1210. The normalized spacial score (nSPS) is 11.9. The van der Waals surface area contributed by atoms with Crippen LogP contribution in [0.1, 0.15) is 0 Å². The lowest BCUT2D eigenvalue weighted by atomic mass is 10.3. The first kappa shape index (κ1) is 18.2. The van der Waals surface area contributed by atoms with Crippen molar-refractivity contribution in [3.8, 4) is 0 Å². The largest absolute Gasteiger partial charge is 0.369 e. The van der Waals surface area contributed by atoms with Crippen LogP contribution in [0.15, 0.2) is 45.3 Å². The standard InChI is InChI=1S/C14H13N7O5S/c1-19(2)7-16-14-17-12-11(13(22)18-14)20(8-15-12)27(25,26)10-5-3-9(4-6-10)21(23)24/h3-8H,1-2H3,(H,17,18,22)/b16-7+. The molecule has 3 aromatic rings. The van der Waals surface area contributed by atoms with E-state index in [2.05, 4.69) is 19.9 Å². The second kappa shape index (κ2) is 6.60. The van der Waals surface area contributed by atoms with Gasteiger partial charge in [-0.25, -0.2) is 22.4 Å². The van der Waals surface area contributed by atoms with Gasteiger partial charge in [-0.3, -0.25) is 19.9 Å². The molecule has 0 spiro atoms. The lowest BCUT2D eigenvalue weighted by Crippen LogP contribution is -2.18. The minimum Gasteiger partial charge on any atom is -0.369 e. The van der Waals surface area contributed by atoms with Crippen molar-refractivity contribution in [2.24, 2.45) is 4.99 Å². The Labute approximate surface area is 152 Å². The van der Waals surface area contributed by atoms with Crippen LogP contribution in [0.2, 0.25) is 0 Å². The molecule has 140 valence electrons. The summed E-state index contributed by atoms with van der Waals surface area (Å²) >= 11 is 0. The average Bonchev–Trinajstić information content (AvgIpc) is 3.05. The van der Waals surface area contributed by atoms with Gasteiger partial charge in [0.05, 0.1) is 16.2 Å². The summed E-state index contributed by atoms with van der Waals surface area (Å²) in [6.07, 6.45) is 2.36. The van der Waals surface area contributed by atoms with E-state index >= 15 is 0 Å². The van der Waals surface area contributed by atoms with E-state index in [1.54, 1.807) is 19.0 Å². The average molecular weight is 391 g/mol. The molecular formula is C14H13N7O5S. The molecule has 3 rings (SSSR count). The van der Waals surface area contributed by atoms with Crippen molar-refractivity contribution in [1.29, 1.82) is 0 Å². The number of nitro benzene ring substituents is 1. The van der Waals surface area contributed by atoms with Crippen LogP contribution in [-0.4, -0.2) is 57.6 Å². The fraction of sp³-hybridized carbons (Fsp3) is 0.143. The van der Waals surface area contributed by atoms with Gasteiger partial charge in [0.2, 0.25) is 5.95 Å². The molecule has 0 aliphatic rings. The van der Waals surface area contributed by atoms with Gasteiger partial charge in [-0.05, 0) is 12.1 Å². The van der Waals surface area contributed by atoms with E-state index < -0.39 is 20.5 Å². The smallest absolute Gasteiger partial charge is 0.279 e. The summed E-state index contributed by atoms with van der Waals surface area (Å²) in [4.78, 5) is 38.0. The molecular weight excluding hydrogens is 378 g/mol. The van der Waals surface area contributed by atoms with Crippen LogP contribution >= 0.6 is 0 Å². The highest BCUT2D eigenvalue weighted by Crippen LogP contribution is 2.20. The second-order valence-corrected chi connectivity index (χ2v) is 7.38. The molecule has 2 aromatic heterocycles. The first-order chi connectivity index (χ1) is 12.7. The fourth-order valence-corrected chi connectivity index (χ4v) is 3.45. The van der Waals surface area contributed by atoms with Crippen molar-refractivity contribution < 1.29 is 13.3 Å². The Kier molecular flexibility index (Phi) is 4.45. The molecule has 0 saturated heterocycles. The van der Waals surface area contributed by atoms with E-state index in [9.17, 15) is 23.3 Å². The van der Waals surface area contributed by atoms with Crippen molar-refractivity contribution in [2.75, 3.05) is 14.1 Å². The van der Waals surface area contributed by atoms with Crippen LogP contribution in [-0.2, 0) is 10.0 Å². The summed E-state index contributed by atoms with van der Waals surface area (Å²) in [7, 11) is -0.745. The maximum absolute atomic E-state index is 12.8. The zero-order chi connectivity index (χ0) is 19.8. The van der Waals surface area contributed by atoms with E-state index in [1.807, 2.05) is 0 Å². The Hall–Kier alpha value is -3.61. The number of hydrogen-bond donors (Lipinski definition) is 1. The van der Waals surface area contributed by atoms with Crippen molar-refractivity contribution in [2.45, 2.75) is 4.90 Å². The predicted octanol–water partition coefficient (Wildman–Crippen LogP) is 0.486. The molecule has 0 saturated carbocycles. The Morgan fingerprint density at radius 3 is 2.56 bits per heavy atom. The summed E-state index contributed by atoms with van der Waals surface area (Å²) in [6.45, 7) is 0. The molecule has 1 N–H and O–H groups in total. The monoisotopic (exact) mass is 391 g/mol. The van der Waals surface area contributed by atoms with E-state index in [4.69, 9.17) is 0 Å². The molecule has 2 heterocycles. The van der Waals surface area contributed by atoms with E-state index in [0.29, 0.717) is 3.97 Å². The Morgan fingerprint density at radius 2 is 1.96 bits per heavy atom. The van der Waals surface area contributed by atoms with E-state index in [1.165, 1.54) is 6.34 Å². The quantitative estimate of drug-likeness (QED) is 0.285. The van der Waals surface area contributed by atoms with Crippen LogP contribution in [0.3, 0.4) is 0 Å². The maximum Gasteiger partial charge on any atom is 0.279 e. The van der Waals surface area contributed by atoms with Gasteiger partial charge in [0.25, 0.3) is 21.3 Å². The summed E-state index contributed by atoms with van der Waals surface area (Å²) in [5, 5.41) is 10.7. The van der Waals surface area contributed by atoms with Crippen molar-refractivity contribution in [1.82, 2.24) is 23.8 Å². The molecule has 0 fully saturated rings. The van der Waals surface area contributed by atoms with Gasteiger partial charge >= 0.3 is 0 Å². The number of aliphatic imine (C=N–C) groups is 1. The number of fused-ring (bicyclic) bond motifs is 1. The zero-order valence-electron chi connectivity index (χ0n) is 14.1. The highest BCUT2D eigenvalue weighted by molar-refractivity contribution is 7.90. The first-order valence-corrected chi connectivity index (χ1v) is 8.82. The number of imidazole rings is 1. The highest BCUT2D eigenvalue weighted by atomic mass is 32.2. The Balaban J connectivity index is 2.11. The lowest BCUT2D eigenvalue weighted by Gasteiger charge is -2.06. The Morgan fingerprint density at radius 1 is 1.30 bits per heavy atom.